The zero-order chi connectivity index (χ0) is 24.3. The summed E-state index contributed by atoms with van der Waals surface area (Å²) in [4.78, 5) is 16.9. The van der Waals surface area contributed by atoms with Crippen molar-refractivity contribution < 1.29 is 18.7 Å². The van der Waals surface area contributed by atoms with Crippen LogP contribution in [0.3, 0.4) is 0 Å². The Labute approximate surface area is 199 Å². The van der Waals surface area contributed by atoms with Crippen LogP contribution in [0.25, 0.3) is 0 Å². The van der Waals surface area contributed by atoms with Crippen LogP contribution in [-0.4, -0.2) is 31.8 Å². The summed E-state index contributed by atoms with van der Waals surface area (Å²) in [6.07, 6.45) is 2.65. The number of nitrogens with one attached hydrogen (secondary N) is 1. The van der Waals surface area contributed by atoms with Gasteiger partial charge in [-0.25, -0.2) is 18.4 Å². The van der Waals surface area contributed by atoms with Gasteiger partial charge in [-0.05, 0) is 42.8 Å². The lowest BCUT2D eigenvalue weighted by molar-refractivity contribution is -0.0381. The van der Waals surface area contributed by atoms with Crippen LogP contribution in [0.5, 0.6) is 0 Å². The third-order valence-corrected chi connectivity index (χ3v) is 5.96. The molecule has 1 amide bonds. The molecule has 3 aromatic carbocycles. The first kappa shape index (κ1) is 23.5. The summed E-state index contributed by atoms with van der Waals surface area (Å²) in [5.41, 5.74) is -1.46. The van der Waals surface area contributed by atoms with Gasteiger partial charge in [0.25, 0.3) is 5.91 Å². The first-order valence-corrected chi connectivity index (χ1v) is 10.8. The van der Waals surface area contributed by atoms with E-state index in [1.54, 1.807) is 61.5 Å². The highest BCUT2D eigenvalue weighted by atomic mass is 35.5. The second kappa shape index (κ2) is 9.70. The first-order chi connectivity index (χ1) is 16.3. The van der Waals surface area contributed by atoms with Gasteiger partial charge in [0.15, 0.2) is 0 Å². The minimum Gasteiger partial charge on any atom is -0.380 e. The SMILES string of the molecule is CC(NC(=O)c1ccccc1)C(O)(c1ccc(F)cc1F)C(c1ccc(Cl)cc1)n1cncn1. The fraction of sp³-hybridized carbons (Fsp3) is 0.160. The molecular weight excluding hydrogens is 462 g/mol. The summed E-state index contributed by atoms with van der Waals surface area (Å²) in [5.74, 6) is -2.24. The maximum Gasteiger partial charge on any atom is 0.251 e. The van der Waals surface area contributed by atoms with Gasteiger partial charge >= 0.3 is 0 Å². The summed E-state index contributed by atoms with van der Waals surface area (Å²) >= 11 is 6.06. The molecule has 34 heavy (non-hydrogen) atoms. The summed E-state index contributed by atoms with van der Waals surface area (Å²) in [7, 11) is 0. The smallest absolute Gasteiger partial charge is 0.251 e. The minimum absolute atomic E-state index is 0.217. The number of carbonyl (C=O) groups excluding carboxylic acids is 1. The lowest BCUT2D eigenvalue weighted by atomic mass is 9.77. The Morgan fingerprint density at radius 3 is 2.41 bits per heavy atom. The molecule has 0 saturated carbocycles. The van der Waals surface area contributed by atoms with E-state index in [-0.39, 0.29) is 5.56 Å². The Morgan fingerprint density at radius 1 is 1.09 bits per heavy atom. The number of rotatable bonds is 7. The minimum atomic E-state index is -2.12. The quantitative estimate of drug-likeness (QED) is 0.406. The Hall–Kier alpha value is -3.62. The van der Waals surface area contributed by atoms with E-state index >= 15 is 4.39 Å². The van der Waals surface area contributed by atoms with Gasteiger partial charge in [0.05, 0.1) is 6.04 Å². The van der Waals surface area contributed by atoms with Crippen molar-refractivity contribution in [2.45, 2.75) is 24.6 Å². The fourth-order valence-corrected chi connectivity index (χ4v) is 4.14. The van der Waals surface area contributed by atoms with Crippen molar-refractivity contribution in [3.63, 3.8) is 0 Å². The Bertz CT molecular complexity index is 1270. The number of hydrogen-bond acceptors (Lipinski definition) is 4. The van der Waals surface area contributed by atoms with E-state index in [2.05, 4.69) is 15.4 Å². The van der Waals surface area contributed by atoms with Crippen molar-refractivity contribution >= 4 is 17.5 Å². The van der Waals surface area contributed by atoms with Gasteiger partial charge in [-0.3, -0.25) is 4.79 Å². The summed E-state index contributed by atoms with van der Waals surface area (Å²) in [6, 6.07) is 15.8. The molecule has 0 saturated heterocycles. The highest BCUT2D eigenvalue weighted by molar-refractivity contribution is 6.30. The van der Waals surface area contributed by atoms with E-state index in [9.17, 15) is 14.3 Å². The molecule has 4 aromatic rings. The number of carbonyl (C=O) groups is 1. The maximum atomic E-state index is 15.2. The van der Waals surface area contributed by atoms with Gasteiger partial charge < -0.3 is 10.4 Å². The predicted octanol–water partition coefficient (Wildman–Crippen LogP) is 4.51. The average Bonchev–Trinajstić information content (AvgIpc) is 3.35. The van der Waals surface area contributed by atoms with Crippen molar-refractivity contribution in [2.75, 3.05) is 0 Å². The largest absolute Gasteiger partial charge is 0.380 e. The lowest BCUT2D eigenvalue weighted by Crippen LogP contribution is -2.54. The van der Waals surface area contributed by atoms with Gasteiger partial charge in [-0.1, -0.05) is 48.0 Å². The number of benzene rings is 3. The molecule has 1 aromatic heterocycles. The van der Waals surface area contributed by atoms with Crippen LogP contribution in [-0.2, 0) is 5.60 Å². The van der Waals surface area contributed by atoms with Crippen molar-refractivity contribution in [3.05, 3.63) is 119 Å². The first-order valence-electron chi connectivity index (χ1n) is 10.4. The molecule has 0 radical (unpaired) electrons. The van der Waals surface area contributed by atoms with E-state index in [1.807, 2.05) is 0 Å². The van der Waals surface area contributed by atoms with Crippen molar-refractivity contribution in [1.29, 1.82) is 0 Å². The molecule has 6 nitrogen and oxygen atoms in total. The van der Waals surface area contributed by atoms with Crippen LogP contribution in [0, 0.1) is 11.6 Å². The van der Waals surface area contributed by atoms with E-state index < -0.39 is 35.2 Å². The van der Waals surface area contributed by atoms with E-state index in [0.717, 1.165) is 12.1 Å². The summed E-state index contributed by atoms with van der Waals surface area (Å²) in [6.45, 7) is 1.55. The average molecular weight is 483 g/mol. The van der Waals surface area contributed by atoms with Crippen molar-refractivity contribution in [3.8, 4) is 0 Å². The van der Waals surface area contributed by atoms with Gasteiger partial charge in [0.1, 0.15) is 35.9 Å². The van der Waals surface area contributed by atoms with Crippen LogP contribution in [0.1, 0.15) is 34.5 Å². The monoisotopic (exact) mass is 482 g/mol. The van der Waals surface area contributed by atoms with Crippen LogP contribution in [0.2, 0.25) is 5.02 Å². The Kier molecular flexibility index (Phi) is 6.72. The molecule has 3 atom stereocenters. The molecule has 1 heterocycles. The summed E-state index contributed by atoms with van der Waals surface area (Å²) < 4.78 is 30.3. The normalized spacial score (nSPS) is 14.7. The fourth-order valence-electron chi connectivity index (χ4n) is 4.02. The molecule has 0 fully saturated rings. The number of amides is 1. The van der Waals surface area contributed by atoms with Gasteiger partial charge in [0.2, 0.25) is 0 Å². The van der Waals surface area contributed by atoms with Crippen molar-refractivity contribution in [1.82, 2.24) is 20.1 Å². The zero-order valence-electron chi connectivity index (χ0n) is 18.1. The molecule has 0 aliphatic heterocycles. The molecule has 9 heteroatoms. The molecule has 0 aliphatic carbocycles. The second-order valence-corrected chi connectivity index (χ2v) is 8.28. The maximum absolute atomic E-state index is 15.2. The Balaban J connectivity index is 1.88. The van der Waals surface area contributed by atoms with Crippen molar-refractivity contribution in [2.24, 2.45) is 0 Å². The molecule has 174 valence electrons. The lowest BCUT2D eigenvalue weighted by Gasteiger charge is -2.41. The number of halogens is 3. The Morgan fingerprint density at radius 2 is 1.79 bits per heavy atom. The number of hydrogen-bond donors (Lipinski definition) is 2. The number of nitrogens with zero attached hydrogens (tertiary/aromatic N) is 3. The molecule has 0 aliphatic rings. The predicted molar refractivity (Wildman–Crippen MR) is 123 cm³/mol. The van der Waals surface area contributed by atoms with Crippen LogP contribution < -0.4 is 5.32 Å². The highest BCUT2D eigenvalue weighted by Gasteiger charge is 2.48. The molecule has 0 spiro atoms. The van der Waals surface area contributed by atoms with Gasteiger partial charge in [-0.2, -0.15) is 5.10 Å². The van der Waals surface area contributed by atoms with E-state index in [4.69, 9.17) is 11.6 Å². The highest BCUT2D eigenvalue weighted by Crippen LogP contribution is 2.42. The van der Waals surface area contributed by atoms with E-state index in [0.29, 0.717) is 22.2 Å². The second-order valence-electron chi connectivity index (χ2n) is 7.84. The molecule has 3 unspecified atom stereocenters. The number of aromatic nitrogens is 3. The zero-order valence-corrected chi connectivity index (χ0v) is 18.8. The topological polar surface area (TPSA) is 80.0 Å². The molecule has 2 N–H and O–H groups in total. The third-order valence-electron chi connectivity index (χ3n) is 5.71. The van der Waals surface area contributed by atoms with Gasteiger partial charge in [-0.15, -0.1) is 0 Å². The van der Waals surface area contributed by atoms with Crippen LogP contribution in [0.4, 0.5) is 8.78 Å². The standard InChI is InChI=1S/C25H21ClF2N4O2/c1-16(31-24(33)18-5-3-2-4-6-18)25(34,21-12-11-20(27)13-22(21)28)23(32-15-29-14-30-32)17-7-9-19(26)10-8-17/h2-16,23,34H,1H3,(H,31,33). The molecule has 0 bridgehead atoms. The van der Waals surface area contributed by atoms with Gasteiger partial charge in [0, 0.05) is 22.2 Å². The number of aliphatic hydroxyl groups is 1. The van der Waals surface area contributed by atoms with E-state index in [1.165, 1.54) is 17.3 Å². The third kappa shape index (κ3) is 4.55. The van der Waals surface area contributed by atoms with Crippen LogP contribution in [0.15, 0.2) is 85.5 Å². The van der Waals surface area contributed by atoms with Crippen LogP contribution >= 0.6 is 11.6 Å². The summed E-state index contributed by atoms with van der Waals surface area (Å²) in [5, 5.41) is 19.7. The molecular formula is C25H21ClF2N4O2. The molecule has 4 rings (SSSR count).